The fourth-order valence-corrected chi connectivity index (χ4v) is 3.58. The second kappa shape index (κ2) is 8.91. The Hall–Kier alpha value is -3.81. The maximum atomic E-state index is 13.3. The van der Waals surface area contributed by atoms with Gasteiger partial charge in [-0.2, -0.15) is 0 Å². The summed E-state index contributed by atoms with van der Waals surface area (Å²) in [5.41, 5.74) is 3.09. The van der Waals surface area contributed by atoms with Gasteiger partial charge in [-0.25, -0.2) is 4.98 Å². The summed E-state index contributed by atoms with van der Waals surface area (Å²) in [5.74, 6) is -0.384. The summed E-state index contributed by atoms with van der Waals surface area (Å²) in [6.07, 6.45) is 0.0540. The van der Waals surface area contributed by atoms with Gasteiger partial charge in [0.05, 0.1) is 29.1 Å². The second-order valence-corrected chi connectivity index (χ2v) is 7.56. The molecule has 1 atom stereocenters. The van der Waals surface area contributed by atoms with E-state index in [1.54, 1.807) is 30.5 Å². The van der Waals surface area contributed by atoms with Crippen LogP contribution < -0.4 is 5.56 Å². The Labute approximate surface area is 179 Å². The van der Waals surface area contributed by atoms with Crippen molar-refractivity contribution in [2.24, 2.45) is 0 Å². The van der Waals surface area contributed by atoms with Crippen molar-refractivity contribution in [3.63, 3.8) is 0 Å². The summed E-state index contributed by atoms with van der Waals surface area (Å²) < 4.78 is 1.57. The summed E-state index contributed by atoms with van der Waals surface area (Å²) >= 11 is 0. The molecule has 1 heterocycles. The first-order valence-corrected chi connectivity index (χ1v) is 9.81. The molecule has 31 heavy (non-hydrogen) atoms. The average molecular weight is 421 g/mol. The molecule has 0 aliphatic heterocycles. The van der Waals surface area contributed by atoms with Crippen molar-refractivity contribution >= 4 is 11.7 Å². The first-order valence-electron chi connectivity index (χ1n) is 9.81. The van der Waals surface area contributed by atoms with Crippen molar-refractivity contribution in [2.45, 2.75) is 39.7 Å². The number of nitro benzene ring substituents is 1. The average Bonchev–Trinajstić information content (AvgIpc) is 2.71. The number of nitrogens with zero attached hydrogens (tertiary/aromatic N) is 3. The number of nitro groups is 1. The second-order valence-electron chi connectivity index (χ2n) is 7.56. The topological polar surface area (TPSA) is 115 Å². The van der Waals surface area contributed by atoms with E-state index in [1.807, 2.05) is 31.2 Å². The number of hydrogen-bond donors (Lipinski definition) is 1. The van der Waals surface area contributed by atoms with Crippen molar-refractivity contribution in [3.8, 4) is 11.1 Å². The normalized spacial score (nSPS) is 11.8. The van der Waals surface area contributed by atoms with Crippen LogP contribution in [0.25, 0.3) is 11.1 Å². The molecule has 0 bridgehead atoms. The van der Waals surface area contributed by atoms with Crippen molar-refractivity contribution in [2.75, 3.05) is 0 Å². The van der Waals surface area contributed by atoms with Gasteiger partial charge in [-0.1, -0.05) is 31.2 Å². The Morgan fingerprint density at radius 3 is 2.29 bits per heavy atom. The molecule has 0 unspecified atom stereocenters. The largest absolute Gasteiger partial charge is 0.481 e. The van der Waals surface area contributed by atoms with Crippen LogP contribution in [0.1, 0.15) is 41.9 Å². The lowest BCUT2D eigenvalue weighted by Gasteiger charge is -2.15. The number of rotatable bonds is 7. The van der Waals surface area contributed by atoms with Crippen LogP contribution in [0.5, 0.6) is 0 Å². The number of carboxylic acid groups (broad SMARTS) is 1. The van der Waals surface area contributed by atoms with Crippen molar-refractivity contribution in [1.29, 1.82) is 0 Å². The van der Waals surface area contributed by atoms with E-state index in [1.165, 1.54) is 12.1 Å². The predicted octanol–water partition coefficient (Wildman–Crippen LogP) is 4.06. The maximum absolute atomic E-state index is 13.3. The van der Waals surface area contributed by atoms with Crippen LogP contribution >= 0.6 is 0 Å². The van der Waals surface area contributed by atoms with Gasteiger partial charge in [0.25, 0.3) is 11.2 Å². The molecule has 2 aromatic carbocycles. The number of non-ortho nitro benzene ring substituents is 1. The van der Waals surface area contributed by atoms with E-state index < -0.39 is 10.9 Å². The summed E-state index contributed by atoms with van der Waals surface area (Å²) in [4.78, 5) is 39.1. The van der Waals surface area contributed by atoms with Gasteiger partial charge in [-0.15, -0.1) is 0 Å². The molecule has 0 spiro atoms. The Kier molecular flexibility index (Phi) is 6.29. The molecule has 3 aromatic rings. The fraction of sp³-hybridized carbons (Fsp3) is 0.261. The number of carboxylic acids is 1. The quantitative estimate of drug-likeness (QED) is 0.454. The molecule has 8 heteroatoms. The van der Waals surface area contributed by atoms with E-state index >= 15 is 0 Å². The lowest BCUT2D eigenvalue weighted by Crippen LogP contribution is -2.27. The lowest BCUT2D eigenvalue weighted by molar-refractivity contribution is -0.384. The number of benzene rings is 2. The number of aliphatic carboxylic acids is 1. The van der Waals surface area contributed by atoms with Crippen LogP contribution in [0, 0.1) is 24.0 Å². The molecular formula is C23H23N3O5. The molecule has 0 fully saturated rings. The van der Waals surface area contributed by atoms with E-state index in [9.17, 15) is 19.7 Å². The minimum Gasteiger partial charge on any atom is -0.481 e. The molecule has 160 valence electrons. The summed E-state index contributed by atoms with van der Waals surface area (Å²) in [7, 11) is 0. The van der Waals surface area contributed by atoms with E-state index in [0.29, 0.717) is 29.2 Å². The van der Waals surface area contributed by atoms with Gasteiger partial charge in [0.1, 0.15) is 5.82 Å². The molecule has 0 aliphatic rings. The van der Waals surface area contributed by atoms with Gasteiger partial charge in [-0.3, -0.25) is 24.3 Å². The molecule has 0 amide bonds. The third kappa shape index (κ3) is 4.85. The third-order valence-electron chi connectivity index (χ3n) is 5.28. The van der Waals surface area contributed by atoms with E-state index in [-0.39, 0.29) is 23.6 Å². The number of hydrogen-bond acceptors (Lipinski definition) is 5. The smallest absolute Gasteiger partial charge is 0.303 e. The minimum absolute atomic E-state index is 0.0426. The Bertz CT molecular complexity index is 1180. The summed E-state index contributed by atoms with van der Waals surface area (Å²) in [5, 5.41) is 19.9. The number of aromatic nitrogens is 2. The first kappa shape index (κ1) is 21.9. The van der Waals surface area contributed by atoms with Gasteiger partial charge in [0.2, 0.25) is 0 Å². The zero-order valence-corrected chi connectivity index (χ0v) is 17.5. The Morgan fingerprint density at radius 1 is 1.13 bits per heavy atom. The maximum Gasteiger partial charge on any atom is 0.303 e. The van der Waals surface area contributed by atoms with E-state index in [2.05, 4.69) is 4.98 Å². The molecular weight excluding hydrogens is 398 g/mol. The van der Waals surface area contributed by atoms with Crippen LogP contribution in [-0.4, -0.2) is 25.6 Å². The Balaban J connectivity index is 1.94. The molecule has 0 saturated carbocycles. The minimum atomic E-state index is -0.844. The monoisotopic (exact) mass is 421 g/mol. The molecule has 8 nitrogen and oxygen atoms in total. The van der Waals surface area contributed by atoms with Gasteiger partial charge in [0, 0.05) is 12.1 Å². The zero-order valence-electron chi connectivity index (χ0n) is 17.5. The van der Waals surface area contributed by atoms with Crippen LogP contribution in [0.3, 0.4) is 0 Å². The number of aryl methyl sites for hydroxylation is 2. The SMILES string of the molecule is Cc1nc(C)n(Cc2ccc([C@H](C)CC(=O)O)cc2)c(=O)c1-c1ccc([N+](=O)[O-])cc1. The van der Waals surface area contributed by atoms with Gasteiger partial charge < -0.3 is 5.11 Å². The molecule has 0 saturated heterocycles. The summed E-state index contributed by atoms with van der Waals surface area (Å²) in [6, 6.07) is 13.4. The Morgan fingerprint density at radius 2 is 1.74 bits per heavy atom. The zero-order chi connectivity index (χ0) is 22.7. The van der Waals surface area contributed by atoms with Crippen molar-refractivity contribution in [3.05, 3.63) is 91.6 Å². The van der Waals surface area contributed by atoms with Crippen LogP contribution in [0.15, 0.2) is 53.3 Å². The highest BCUT2D eigenvalue weighted by molar-refractivity contribution is 5.68. The van der Waals surface area contributed by atoms with Crippen molar-refractivity contribution < 1.29 is 14.8 Å². The van der Waals surface area contributed by atoms with E-state index in [4.69, 9.17) is 5.11 Å². The van der Waals surface area contributed by atoms with Gasteiger partial charge in [0.15, 0.2) is 0 Å². The molecule has 0 radical (unpaired) electrons. The molecule has 0 aliphatic carbocycles. The third-order valence-corrected chi connectivity index (χ3v) is 5.28. The highest BCUT2D eigenvalue weighted by atomic mass is 16.6. The highest BCUT2D eigenvalue weighted by Gasteiger charge is 2.16. The van der Waals surface area contributed by atoms with Crippen molar-refractivity contribution in [1.82, 2.24) is 9.55 Å². The van der Waals surface area contributed by atoms with Crippen LogP contribution in [0.2, 0.25) is 0 Å². The van der Waals surface area contributed by atoms with E-state index in [0.717, 1.165) is 11.1 Å². The standard InChI is InChI=1S/C23H23N3O5/c1-14(12-21(27)28)18-6-4-17(5-7-18)13-25-16(3)24-15(2)22(23(25)29)19-8-10-20(11-9-19)26(30)31/h4-11,14H,12-13H2,1-3H3,(H,27,28)/t14-/m1/s1. The number of carbonyl (C=O) groups is 1. The van der Waals surface area contributed by atoms with Gasteiger partial charge in [-0.05, 0) is 48.6 Å². The summed E-state index contributed by atoms with van der Waals surface area (Å²) in [6.45, 7) is 5.68. The lowest BCUT2D eigenvalue weighted by atomic mass is 9.97. The van der Waals surface area contributed by atoms with Crippen LogP contribution in [0.4, 0.5) is 5.69 Å². The van der Waals surface area contributed by atoms with Gasteiger partial charge >= 0.3 is 5.97 Å². The first-order chi connectivity index (χ1) is 14.7. The predicted molar refractivity (Wildman–Crippen MR) is 116 cm³/mol. The fourth-order valence-electron chi connectivity index (χ4n) is 3.58. The molecule has 1 N–H and O–H groups in total. The molecule has 3 rings (SSSR count). The molecule has 1 aromatic heterocycles. The highest BCUT2D eigenvalue weighted by Crippen LogP contribution is 2.23. The van der Waals surface area contributed by atoms with Crippen LogP contribution in [-0.2, 0) is 11.3 Å².